The molecule has 122 valence electrons. The Labute approximate surface area is 134 Å². The van der Waals surface area contributed by atoms with Crippen LogP contribution in [0.1, 0.15) is 24.8 Å². The first-order chi connectivity index (χ1) is 10.6. The van der Waals surface area contributed by atoms with Crippen LogP contribution in [-0.4, -0.2) is 50.6 Å². The van der Waals surface area contributed by atoms with Crippen LogP contribution in [0.15, 0.2) is 30.3 Å². The fraction of sp³-hybridized carbons (Fsp3) is 0.611. The van der Waals surface area contributed by atoms with Crippen LogP contribution >= 0.6 is 0 Å². The summed E-state index contributed by atoms with van der Waals surface area (Å²) in [4.78, 5) is 14.4. The molecule has 1 aliphatic heterocycles. The Morgan fingerprint density at radius 3 is 2.77 bits per heavy atom. The van der Waals surface area contributed by atoms with E-state index in [9.17, 15) is 4.79 Å². The van der Waals surface area contributed by atoms with Gasteiger partial charge in [0.2, 0.25) is 5.91 Å². The first kappa shape index (κ1) is 17.0. The number of carbonyl (C=O) groups is 1. The minimum Gasteiger partial charge on any atom is -0.352 e. The molecule has 4 nitrogen and oxygen atoms in total. The quantitative estimate of drug-likeness (QED) is 0.768. The molecule has 1 amide bonds. The van der Waals surface area contributed by atoms with Gasteiger partial charge in [-0.25, -0.2) is 0 Å². The molecule has 0 aliphatic carbocycles. The van der Waals surface area contributed by atoms with E-state index in [-0.39, 0.29) is 11.9 Å². The summed E-state index contributed by atoms with van der Waals surface area (Å²) in [6, 6.07) is 10.6. The lowest BCUT2D eigenvalue weighted by Crippen LogP contribution is -2.43. The molecule has 0 radical (unpaired) electrons. The lowest BCUT2D eigenvalue weighted by Gasteiger charge is -2.23. The van der Waals surface area contributed by atoms with Crippen LogP contribution in [0.5, 0.6) is 0 Å². The van der Waals surface area contributed by atoms with Gasteiger partial charge in [0.25, 0.3) is 0 Å². The van der Waals surface area contributed by atoms with E-state index in [4.69, 9.17) is 0 Å². The molecule has 22 heavy (non-hydrogen) atoms. The summed E-state index contributed by atoms with van der Waals surface area (Å²) >= 11 is 0. The Morgan fingerprint density at radius 1 is 1.36 bits per heavy atom. The number of carbonyl (C=O) groups excluding carboxylic acids is 1. The Morgan fingerprint density at radius 2 is 2.14 bits per heavy atom. The molecule has 0 aromatic heterocycles. The lowest BCUT2D eigenvalue weighted by molar-refractivity contribution is -0.122. The van der Waals surface area contributed by atoms with E-state index < -0.39 is 0 Å². The van der Waals surface area contributed by atoms with Crippen molar-refractivity contribution in [3.63, 3.8) is 0 Å². The third-order valence-electron chi connectivity index (χ3n) is 4.22. The fourth-order valence-corrected chi connectivity index (χ4v) is 3.10. The number of rotatable bonds is 8. The van der Waals surface area contributed by atoms with Gasteiger partial charge in [-0.3, -0.25) is 4.79 Å². The molecule has 1 aliphatic rings. The van der Waals surface area contributed by atoms with Crippen LogP contribution in [0, 0.1) is 5.92 Å². The molecule has 1 saturated heterocycles. The van der Waals surface area contributed by atoms with Gasteiger partial charge in [-0.1, -0.05) is 30.3 Å². The molecule has 4 heteroatoms. The number of benzene rings is 1. The molecule has 1 aromatic rings. The van der Waals surface area contributed by atoms with Gasteiger partial charge in [-0.2, -0.15) is 0 Å². The van der Waals surface area contributed by atoms with E-state index in [1.54, 1.807) is 0 Å². The first-order valence-electron chi connectivity index (χ1n) is 8.32. The van der Waals surface area contributed by atoms with Crippen LogP contribution in [0.3, 0.4) is 0 Å². The van der Waals surface area contributed by atoms with E-state index in [1.807, 2.05) is 20.2 Å². The zero-order valence-corrected chi connectivity index (χ0v) is 13.8. The summed E-state index contributed by atoms with van der Waals surface area (Å²) in [7, 11) is 4.10. The Bertz CT molecular complexity index is 441. The van der Waals surface area contributed by atoms with Gasteiger partial charge in [0.15, 0.2) is 0 Å². The molecule has 0 saturated carbocycles. The molecule has 2 N–H and O–H groups in total. The molecule has 1 heterocycles. The van der Waals surface area contributed by atoms with Crippen molar-refractivity contribution in [2.75, 3.05) is 33.7 Å². The summed E-state index contributed by atoms with van der Waals surface area (Å²) in [5.41, 5.74) is 1.27. The van der Waals surface area contributed by atoms with Crippen molar-refractivity contribution in [1.29, 1.82) is 0 Å². The van der Waals surface area contributed by atoms with Crippen molar-refractivity contribution >= 4 is 5.91 Å². The zero-order valence-electron chi connectivity index (χ0n) is 13.8. The van der Waals surface area contributed by atoms with Gasteiger partial charge in [-0.05, 0) is 57.9 Å². The van der Waals surface area contributed by atoms with E-state index in [0.717, 1.165) is 32.5 Å². The maximum atomic E-state index is 12.2. The van der Waals surface area contributed by atoms with E-state index >= 15 is 0 Å². The second kappa shape index (κ2) is 8.91. The second-order valence-electron chi connectivity index (χ2n) is 6.61. The number of hydrogen-bond donors (Lipinski definition) is 2. The maximum absolute atomic E-state index is 12.2. The number of amides is 1. The highest BCUT2D eigenvalue weighted by atomic mass is 16.1. The highest BCUT2D eigenvalue weighted by molar-refractivity contribution is 5.76. The monoisotopic (exact) mass is 303 g/mol. The van der Waals surface area contributed by atoms with Gasteiger partial charge in [0.05, 0.1) is 0 Å². The summed E-state index contributed by atoms with van der Waals surface area (Å²) < 4.78 is 0. The number of likely N-dealkylation sites (N-methyl/N-ethyl adjacent to an activating group) is 1. The van der Waals surface area contributed by atoms with Gasteiger partial charge in [0.1, 0.15) is 0 Å². The van der Waals surface area contributed by atoms with Gasteiger partial charge >= 0.3 is 0 Å². The van der Waals surface area contributed by atoms with Crippen LogP contribution in [0.25, 0.3) is 0 Å². The highest BCUT2D eigenvalue weighted by Gasteiger charge is 2.18. The second-order valence-corrected chi connectivity index (χ2v) is 6.61. The molecule has 0 bridgehead atoms. The van der Waals surface area contributed by atoms with Crippen LogP contribution in [0.4, 0.5) is 0 Å². The van der Waals surface area contributed by atoms with Crippen molar-refractivity contribution in [3.8, 4) is 0 Å². The van der Waals surface area contributed by atoms with Crippen molar-refractivity contribution < 1.29 is 4.79 Å². The Balaban J connectivity index is 1.81. The van der Waals surface area contributed by atoms with Crippen LogP contribution in [0.2, 0.25) is 0 Å². The molecule has 1 aromatic carbocycles. The summed E-state index contributed by atoms with van der Waals surface area (Å²) in [6.07, 6.45) is 3.73. The maximum Gasteiger partial charge on any atom is 0.220 e. The van der Waals surface area contributed by atoms with Gasteiger partial charge in [-0.15, -0.1) is 0 Å². The average Bonchev–Trinajstić information content (AvgIpc) is 2.99. The van der Waals surface area contributed by atoms with Crippen molar-refractivity contribution in [2.45, 2.75) is 31.7 Å². The van der Waals surface area contributed by atoms with Crippen molar-refractivity contribution in [2.24, 2.45) is 5.92 Å². The third-order valence-corrected chi connectivity index (χ3v) is 4.22. The first-order valence-corrected chi connectivity index (χ1v) is 8.32. The van der Waals surface area contributed by atoms with Gasteiger partial charge in [0, 0.05) is 19.0 Å². The standard InChI is InChI=1S/C18H29N3O/c1-21(2)14-17(12-15-6-4-3-5-7-15)20-18(22)9-8-16-10-11-19-13-16/h3-7,16-17,19H,8-14H2,1-2H3,(H,20,22). The minimum atomic E-state index is 0.173. The normalized spacial score (nSPS) is 19.3. The van der Waals surface area contributed by atoms with E-state index in [2.05, 4.69) is 39.8 Å². The number of nitrogens with one attached hydrogen (secondary N) is 2. The summed E-state index contributed by atoms with van der Waals surface area (Å²) in [5, 5.41) is 6.58. The largest absolute Gasteiger partial charge is 0.352 e. The molecule has 2 rings (SSSR count). The lowest BCUT2D eigenvalue weighted by atomic mass is 10.0. The number of hydrogen-bond acceptors (Lipinski definition) is 3. The Kier molecular flexibility index (Phi) is 6.87. The van der Waals surface area contributed by atoms with Gasteiger partial charge < -0.3 is 15.5 Å². The Hall–Kier alpha value is -1.39. The highest BCUT2D eigenvalue weighted by Crippen LogP contribution is 2.14. The molecular weight excluding hydrogens is 274 g/mol. The van der Waals surface area contributed by atoms with E-state index in [1.165, 1.54) is 12.0 Å². The summed E-state index contributed by atoms with van der Waals surface area (Å²) in [6.45, 7) is 3.04. The van der Waals surface area contributed by atoms with Crippen LogP contribution < -0.4 is 10.6 Å². The van der Waals surface area contributed by atoms with Crippen LogP contribution in [-0.2, 0) is 11.2 Å². The SMILES string of the molecule is CN(C)CC(Cc1ccccc1)NC(=O)CCC1CCNC1. The summed E-state index contributed by atoms with van der Waals surface area (Å²) in [5.74, 6) is 0.863. The molecule has 2 unspecified atom stereocenters. The average molecular weight is 303 g/mol. The molecular formula is C18H29N3O. The molecule has 2 atom stereocenters. The third kappa shape index (κ3) is 6.16. The smallest absolute Gasteiger partial charge is 0.220 e. The zero-order chi connectivity index (χ0) is 15.8. The molecule has 0 spiro atoms. The topological polar surface area (TPSA) is 44.4 Å². The van der Waals surface area contributed by atoms with Crippen molar-refractivity contribution in [3.05, 3.63) is 35.9 Å². The predicted octanol–water partition coefficient (Wildman–Crippen LogP) is 1.67. The molecule has 1 fully saturated rings. The van der Waals surface area contributed by atoms with E-state index in [0.29, 0.717) is 12.3 Å². The minimum absolute atomic E-state index is 0.173. The predicted molar refractivity (Wildman–Crippen MR) is 90.8 cm³/mol. The number of nitrogens with zero attached hydrogens (tertiary/aromatic N) is 1. The fourth-order valence-electron chi connectivity index (χ4n) is 3.10. The van der Waals surface area contributed by atoms with Crippen molar-refractivity contribution in [1.82, 2.24) is 15.5 Å².